The van der Waals surface area contributed by atoms with Crippen LogP contribution in [0.25, 0.3) is 11.8 Å². The van der Waals surface area contributed by atoms with Crippen LogP contribution in [0.4, 0.5) is 0 Å². The van der Waals surface area contributed by atoms with Gasteiger partial charge in [0.1, 0.15) is 5.69 Å². The smallest absolute Gasteiger partial charge is 0.330 e. The number of esters is 1. The van der Waals surface area contributed by atoms with E-state index in [4.69, 9.17) is 0 Å². The summed E-state index contributed by atoms with van der Waals surface area (Å²) in [6, 6.07) is 15.4. The van der Waals surface area contributed by atoms with Crippen LogP contribution in [0.2, 0.25) is 0 Å². The minimum atomic E-state index is -0.713. The maximum Gasteiger partial charge on any atom is 0.330 e. The van der Waals surface area contributed by atoms with E-state index in [9.17, 15) is 9.59 Å². The number of para-hydroxylation sites is 1. The van der Waals surface area contributed by atoms with E-state index >= 15 is 0 Å². The molecule has 0 spiro atoms. The van der Waals surface area contributed by atoms with Crippen molar-refractivity contribution in [3.8, 4) is 5.69 Å². The van der Waals surface area contributed by atoms with Gasteiger partial charge in [-0.15, -0.1) is 5.10 Å². The maximum atomic E-state index is 12.9. The maximum absolute atomic E-state index is 12.9. The van der Waals surface area contributed by atoms with E-state index in [1.807, 2.05) is 75.5 Å². The van der Waals surface area contributed by atoms with Gasteiger partial charge in [0.15, 0.2) is 0 Å². The predicted octanol–water partition coefficient (Wildman–Crippen LogP) is 3.36. The molecule has 3 aromatic rings. The highest BCUT2D eigenvalue weighted by Crippen LogP contribution is 2.21. The van der Waals surface area contributed by atoms with Crippen molar-refractivity contribution in [1.82, 2.24) is 20.3 Å². The highest BCUT2D eigenvalue weighted by Gasteiger charge is 2.27. The number of carbonyl (C=O) groups is 2. The molecule has 7 nitrogen and oxygen atoms in total. The number of carbonyl (C=O) groups excluding carboxylic acids is 2. The van der Waals surface area contributed by atoms with Gasteiger partial charge in [-0.05, 0) is 55.7 Å². The van der Waals surface area contributed by atoms with Crippen LogP contribution in [0.15, 0.2) is 60.8 Å². The van der Waals surface area contributed by atoms with Crippen molar-refractivity contribution in [2.24, 2.45) is 0 Å². The Morgan fingerprint density at radius 3 is 2.58 bits per heavy atom. The number of aromatic nitrogens is 3. The van der Waals surface area contributed by atoms with Crippen LogP contribution in [-0.4, -0.2) is 34.0 Å². The Morgan fingerprint density at radius 2 is 1.87 bits per heavy atom. The molecule has 0 aliphatic rings. The summed E-state index contributed by atoms with van der Waals surface area (Å²) in [5.74, 6) is -0.596. The zero-order valence-corrected chi connectivity index (χ0v) is 18.1. The third-order valence-electron chi connectivity index (χ3n) is 4.99. The van der Waals surface area contributed by atoms with Crippen molar-refractivity contribution in [2.45, 2.75) is 32.7 Å². The van der Waals surface area contributed by atoms with Crippen LogP contribution in [0.3, 0.4) is 0 Å². The molecule has 0 aliphatic heterocycles. The molecule has 0 atom stereocenters. The first-order valence-corrected chi connectivity index (χ1v) is 9.94. The number of benzene rings is 2. The number of amides is 1. The molecule has 7 heteroatoms. The van der Waals surface area contributed by atoms with E-state index in [2.05, 4.69) is 20.4 Å². The first-order chi connectivity index (χ1) is 14.8. The highest BCUT2D eigenvalue weighted by molar-refractivity contribution is 5.88. The lowest BCUT2D eigenvalue weighted by molar-refractivity contribution is -0.134. The zero-order chi connectivity index (χ0) is 22.4. The van der Waals surface area contributed by atoms with Crippen molar-refractivity contribution < 1.29 is 14.3 Å². The third kappa shape index (κ3) is 5.45. The Kier molecular flexibility index (Phi) is 6.65. The molecular weight excluding hydrogens is 392 g/mol. The number of ether oxygens (including phenoxy) is 1. The second-order valence-corrected chi connectivity index (χ2v) is 7.73. The minimum Gasteiger partial charge on any atom is -0.466 e. The lowest BCUT2D eigenvalue weighted by Gasteiger charge is -2.24. The minimum absolute atomic E-state index is 0.152. The molecule has 1 N–H and O–H groups in total. The average Bonchev–Trinajstić information content (AvgIpc) is 3.25. The van der Waals surface area contributed by atoms with E-state index in [1.165, 1.54) is 13.2 Å². The van der Waals surface area contributed by atoms with Crippen molar-refractivity contribution in [3.63, 3.8) is 0 Å². The number of hydrogen-bond acceptors (Lipinski definition) is 5. The third-order valence-corrected chi connectivity index (χ3v) is 4.99. The first kappa shape index (κ1) is 22.0. The first-order valence-electron chi connectivity index (χ1n) is 9.94. The zero-order valence-electron chi connectivity index (χ0n) is 18.1. The molecule has 0 bridgehead atoms. The van der Waals surface area contributed by atoms with Gasteiger partial charge in [-0.3, -0.25) is 4.79 Å². The summed E-state index contributed by atoms with van der Waals surface area (Å²) in [6.07, 6.45) is 5.00. The number of nitrogens with one attached hydrogen (secondary N) is 1. The topological polar surface area (TPSA) is 86.1 Å². The fourth-order valence-electron chi connectivity index (χ4n) is 3.22. The molecule has 0 saturated heterocycles. The van der Waals surface area contributed by atoms with Gasteiger partial charge in [-0.2, -0.15) is 0 Å². The van der Waals surface area contributed by atoms with Crippen molar-refractivity contribution in [1.29, 1.82) is 0 Å². The average molecular weight is 418 g/mol. The van der Waals surface area contributed by atoms with Crippen molar-refractivity contribution >= 4 is 18.0 Å². The van der Waals surface area contributed by atoms with Crippen LogP contribution < -0.4 is 5.32 Å². The molecule has 1 amide bonds. The Labute approximate surface area is 181 Å². The van der Waals surface area contributed by atoms with E-state index in [0.29, 0.717) is 5.69 Å². The molecule has 31 heavy (non-hydrogen) atoms. The molecule has 0 radical (unpaired) electrons. The molecule has 0 aliphatic carbocycles. The Bertz CT molecular complexity index is 1100. The van der Waals surface area contributed by atoms with Gasteiger partial charge >= 0.3 is 5.97 Å². The van der Waals surface area contributed by atoms with Gasteiger partial charge in [0, 0.05) is 6.08 Å². The highest BCUT2D eigenvalue weighted by atomic mass is 16.5. The summed E-state index contributed by atoms with van der Waals surface area (Å²) in [7, 11) is 1.33. The SMILES string of the molecule is COC(=O)/C=C/c1cccc(C)c1CC(=O)NC(C)(C)c1cn(-c2ccccc2)nn1. The number of hydrogen-bond donors (Lipinski definition) is 1. The molecule has 0 unspecified atom stereocenters. The van der Waals surface area contributed by atoms with Crippen molar-refractivity contribution in [3.05, 3.63) is 83.2 Å². The molecule has 160 valence electrons. The molecule has 0 fully saturated rings. The van der Waals surface area contributed by atoms with Gasteiger partial charge in [0.2, 0.25) is 5.91 Å². The largest absolute Gasteiger partial charge is 0.466 e. The quantitative estimate of drug-likeness (QED) is 0.470. The van der Waals surface area contributed by atoms with E-state index < -0.39 is 11.5 Å². The summed E-state index contributed by atoms with van der Waals surface area (Å²) in [5.41, 5.74) is 3.45. The fourth-order valence-corrected chi connectivity index (χ4v) is 3.22. The van der Waals surface area contributed by atoms with Crippen LogP contribution >= 0.6 is 0 Å². The fraction of sp³-hybridized carbons (Fsp3) is 0.250. The predicted molar refractivity (Wildman–Crippen MR) is 118 cm³/mol. The van der Waals surface area contributed by atoms with Gasteiger partial charge in [0.25, 0.3) is 0 Å². The number of rotatable bonds is 7. The molecule has 1 heterocycles. The van der Waals surface area contributed by atoms with E-state index in [0.717, 1.165) is 22.4 Å². The standard InChI is InChI=1S/C24H26N4O3/c1-17-9-8-10-18(13-14-23(30)31-4)20(17)15-22(29)25-24(2,3)21-16-28(27-26-21)19-11-6-5-7-12-19/h5-14,16H,15H2,1-4H3,(H,25,29)/b14-13+. The monoisotopic (exact) mass is 418 g/mol. The Balaban J connectivity index is 1.76. The molecule has 2 aromatic carbocycles. The van der Waals surface area contributed by atoms with Crippen LogP contribution in [0, 0.1) is 6.92 Å². The normalized spacial score (nSPS) is 11.5. The molecule has 0 saturated carbocycles. The lowest BCUT2D eigenvalue weighted by atomic mass is 9.96. The van der Waals surface area contributed by atoms with Crippen LogP contribution in [-0.2, 0) is 26.3 Å². The van der Waals surface area contributed by atoms with Gasteiger partial charge in [-0.25, -0.2) is 9.48 Å². The Hall–Kier alpha value is -3.74. The summed E-state index contributed by atoms with van der Waals surface area (Å²) in [6.45, 7) is 5.72. The second-order valence-electron chi connectivity index (χ2n) is 7.73. The number of aryl methyl sites for hydroxylation is 1. The van der Waals surface area contributed by atoms with E-state index in [1.54, 1.807) is 10.8 Å². The van der Waals surface area contributed by atoms with Gasteiger partial charge < -0.3 is 10.1 Å². The van der Waals surface area contributed by atoms with E-state index in [-0.39, 0.29) is 12.3 Å². The number of methoxy groups -OCH3 is 1. The summed E-state index contributed by atoms with van der Waals surface area (Å²) in [5, 5.41) is 11.5. The number of nitrogens with zero attached hydrogens (tertiary/aromatic N) is 3. The van der Waals surface area contributed by atoms with Crippen LogP contribution in [0.1, 0.15) is 36.2 Å². The lowest BCUT2D eigenvalue weighted by Crippen LogP contribution is -2.42. The van der Waals surface area contributed by atoms with Crippen LogP contribution in [0.5, 0.6) is 0 Å². The summed E-state index contributed by atoms with van der Waals surface area (Å²) >= 11 is 0. The van der Waals surface area contributed by atoms with Gasteiger partial charge in [0.05, 0.1) is 31.0 Å². The molecule has 1 aromatic heterocycles. The molecular formula is C24H26N4O3. The Morgan fingerprint density at radius 1 is 1.13 bits per heavy atom. The summed E-state index contributed by atoms with van der Waals surface area (Å²) in [4.78, 5) is 24.3. The summed E-state index contributed by atoms with van der Waals surface area (Å²) < 4.78 is 6.33. The second kappa shape index (κ2) is 9.38. The molecule has 3 rings (SSSR count). The van der Waals surface area contributed by atoms with Gasteiger partial charge in [-0.1, -0.05) is 41.6 Å². The van der Waals surface area contributed by atoms with Crippen molar-refractivity contribution in [2.75, 3.05) is 7.11 Å².